The molecular formula is C14H24O3. The highest BCUT2D eigenvalue weighted by Gasteiger charge is 2.50. The van der Waals surface area contributed by atoms with E-state index in [9.17, 15) is 15.0 Å². The van der Waals surface area contributed by atoms with Gasteiger partial charge < -0.3 is 10.2 Å². The molecule has 3 nitrogen and oxygen atoms in total. The van der Waals surface area contributed by atoms with Crippen LogP contribution in [0.2, 0.25) is 0 Å². The fourth-order valence-electron chi connectivity index (χ4n) is 3.64. The van der Waals surface area contributed by atoms with Gasteiger partial charge in [0.1, 0.15) is 5.78 Å². The van der Waals surface area contributed by atoms with E-state index >= 15 is 0 Å². The van der Waals surface area contributed by atoms with Gasteiger partial charge in [0, 0.05) is 12.3 Å². The minimum absolute atomic E-state index is 0.0253. The van der Waals surface area contributed by atoms with Gasteiger partial charge in [-0.1, -0.05) is 0 Å². The fourth-order valence-corrected chi connectivity index (χ4v) is 3.64. The molecule has 0 aromatic rings. The maximum absolute atomic E-state index is 12.1. The molecule has 3 heteroatoms. The Morgan fingerprint density at radius 1 is 1.35 bits per heavy atom. The van der Waals surface area contributed by atoms with Crippen molar-refractivity contribution in [3.63, 3.8) is 0 Å². The van der Waals surface area contributed by atoms with Crippen LogP contribution in [0.4, 0.5) is 0 Å². The first-order valence-electron chi connectivity index (χ1n) is 6.69. The first kappa shape index (κ1) is 13.0. The number of hydrogen-bond donors (Lipinski definition) is 2. The van der Waals surface area contributed by atoms with Crippen LogP contribution >= 0.6 is 0 Å². The molecule has 0 spiro atoms. The Morgan fingerprint density at radius 2 is 2.00 bits per heavy atom. The van der Waals surface area contributed by atoms with Crippen molar-refractivity contribution in [3.05, 3.63) is 0 Å². The van der Waals surface area contributed by atoms with Gasteiger partial charge in [-0.25, -0.2) is 0 Å². The average molecular weight is 240 g/mol. The van der Waals surface area contributed by atoms with Crippen LogP contribution in [0.15, 0.2) is 0 Å². The van der Waals surface area contributed by atoms with E-state index in [4.69, 9.17) is 0 Å². The zero-order valence-electron chi connectivity index (χ0n) is 11.1. The molecule has 2 aliphatic rings. The quantitative estimate of drug-likeness (QED) is 0.736. The summed E-state index contributed by atoms with van der Waals surface area (Å²) < 4.78 is 0. The molecule has 0 aromatic heterocycles. The summed E-state index contributed by atoms with van der Waals surface area (Å²) in [5, 5.41) is 20.5. The predicted molar refractivity (Wildman–Crippen MR) is 65.5 cm³/mol. The summed E-state index contributed by atoms with van der Waals surface area (Å²) in [4.78, 5) is 12.1. The number of hydrogen-bond acceptors (Lipinski definition) is 3. The summed E-state index contributed by atoms with van der Waals surface area (Å²) in [7, 11) is 0. The van der Waals surface area contributed by atoms with Crippen LogP contribution in [0.5, 0.6) is 0 Å². The van der Waals surface area contributed by atoms with Gasteiger partial charge in [-0.15, -0.1) is 0 Å². The molecule has 0 aliphatic heterocycles. The third kappa shape index (κ3) is 2.41. The summed E-state index contributed by atoms with van der Waals surface area (Å²) >= 11 is 0. The summed E-state index contributed by atoms with van der Waals surface area (Å²) in [6.07, 6.45) is 3.62. The Hall–Kier alpha value is -0.410. The highest BCUT2D eigenvalue weighted by molar-refractivity contribution is 5.82. The van der Waals surface area contributed by atoms with Gasteiger partial charge in [-0.05, 0) is 58.3 Å². The molecule has 2 rings (SSSR count). The minimum atomic E-state index is -0.756. The zero-order valence-corrected chi connectivity index (χ0v) is 11.1. The Labute approximate surface area is 103 Å². The predicted octanol–water partition coefficient (Wildman–Crippen LogP) is 1.90. The van der Waals surface area contributed by atoms with Crippen molar-refractivity contribution in [1.29, 1.82) is 0 Å². The Bertz CT molecular complexity index is 314. The van der Waals surface area contributed by atoms with Crippen molar-refractivity contribution < 1.29 is 15.0 Å². The molecule has 17 heavy (non-hydrogen) atoms. The van der Waals surface area contributed by atoms with E-state index in [-0.39, 0.29) is 17.8 Å². The third-order valence-corrected chi connectivity index (χ3v) is 4.94. The van der Waals surface area contributed by atoms with Gasteiger partial charge in [0.2, 0.25) is 0 Å². The standard InChI is InChI=1S/C14H24O3/c1-13(2,16)9-4-5-12(15)10-6-7-14(3,17)11(10)8-9/h9-11,16-17H,4-8H2,1-3H3/t9-,10+,11-,14-/m0/s1. The summed E-state index contributed by atoms with van der Waals surface area (Å²) in [5.41, 5.74) is -1.48. The van der Waals surface area contributed by atoms with Gasteiger partial charge in [0.25, 0.3) is 0 Å². The first-order chi connectivity index (χ1) is 7.72. The number of aliphatic hydroxyl groups is 2. The van der Waals surface area contributed by atoms with E-state index in [0.717, 1.165) is 19.3 Å². The molecule has 98 valence electrons. The van der Waals surface area contributed by atoms with E-state index in [1.807, 2.05) is 20.8 Å². The highest BCUT2D eigenvalue weighted by Crippen LogP contribution is 2.48. The molecular weight excluding hydrogens is 216 g/mol. The van der Waals surface area contributed by atoms with Crippen LogP contribution < -0.4 is 0 Å². The average Bonchev–Trinajstić information content (AvgIpc) is 2.37. The number of rotatable bonds is 1. The molecule has 0 saturated heterocycles. The van der Waals surface area contributed by atoms with E-state index in [2.05, 4.69) is 0 Å². The number of fused-ring (bicyclic) bond motifs is 1. The molecule has 0 heterocycles. The monoisotopic (exact) mass is 240 g/mol. The molecule has 0 amide bonds. The number of Topliss-reactive ketones (excluding diaryl/α,β-unsaturated/α-hetero) is 1. The molecule has 0 bridgehead atoms. The lowest BCUT2D eigenvalue weighted by molar-refractivity contribution is -0.124. The number of ketones is 1. The van der Waals surface area contributed by atoms with Crippen molar-refractivity contribution in [2.24, 2.45) is 17.8 Å². The second-order valence-corrected chi connectivity index (χ2v) is 6.70. The van der Waals surface area contributed by atoms with E-state index in [1.54, 1.807) is 0 Å². The summed E-state index contributed by atoms with van der Waals surface area (Å²) in [5.74, 6) is 0.469. The van der Waals surface area contributed by atoms with Crippen LogP contribution in [0.25, 0.3) is 0 Å². The van der Waals surface area contributed by atoms with Crippen LogP contribution in [-0.2, 0) is 4.79 Å². The Morgan fingerprint density at radius 3 is 2.59 bits per heavy atom. The van der Waals surface area contributed by atoms with Crippen molar-refractivity contribution in [1.82, 2.24) is 0 Å². The first-order valence-corrected chi connectivity index (χ1v) is 6.69. The lowest BCUT2D eigenvalue weighted by Crippen LogP contribution is -2.38. The van der Waals surface area contributed by atoms with Crippen LogP contribution in [-0.4, -0.2) is 27.2 Å². The lowest BCUT2D eigenvalue weighted by Gasteiger charge is -2.34. The van der Waals surface area contributed by atoms with Crippen molar-refractivity contribution in [3.8, 4) is 0 Å². The molecule has 2 fully saturated rings. The van der Waals surface area contributed by atoms with Gasteiger partial charge in [-0.3, -0.25) is 4.79 Å². The molecule has 2 saturated carbocycles. The summed E-state index contributed by atoms with van der Waals surface area (Å²) in [6.45, 7) is 5.47. The third-order valence-electron chi connectivity index (χ3n) is 4.94. The second-order valence-electron chi connectivity index (χ2n) is 6.70. The van der Waals surface area contributed by atoms with Crippen molar-refractivity contribution in [2.75, 3.05) is 0 Å². The molecule has 2 N–H and O–H groups in total. The van der Waals surface area contributed by atoms with Gasteiger partial charge in [-0.2, -0.15) is 0 Å². The SMILES string of the molecule is CC(C)(O)[C@H]1CCC(=O)[C@@H]2CC[C@](C)(O)[C@H]2C1. The van der Waals surface area contributed by atoms with Gasteiger partial charge in [0.05, 0.1) is 11.2 Å². The van der Waals surface area contributed by atoms with Crippen LogP contribution in [0, 0.1) is 17.8 Å². The molecule has 0 aromatic carbocycles. The van der Waals surface area contributed by atoms with Gasteiger partial charge >= 0.3 is 0 Å². The number of carbonyl (C=O) groups is 1. The van der Waals surface area contributed by atoms with Crippen LogP contribution in [0.1, 0.15) is 52.9 Å². The highest BCUT2D eigenvalue weighted by atomic mass is 16.3. The minimum Gasteiger partial charge on any atom is -0.390 e. The Kier molecular flexibility index (Phi) is 3.11. The maximum atomic E-state index is 12.1. The smallest absolute Gasteiger partial charge is 0.136 e. The Balaban J connectivity index is 2.24. The maximum Gasteiger partial charge on any atom is 0.136 e. The number of carbonyl (C=O) groups excluding carboxylic acids is 1. The normalized spacial score (nSPS) is 43.4. The molecule has 0 unspecified atom stereocenters. The van der Waals surface area contributed by atoms with E-state index in [0.29, 0.717) is 18.6 Å². The van der Waals surface area contributed by atoms with E-state index in [1.165, 1.54) is 0 Å². The fraction of sp³-hybridized carbons (Fsp3) is 0.929. The molecule has 4 atom stereocenters. The zero-order chi connectivity index (χ0) is 12.8. The van der Waals surface area contributed by atoms with E-state index < -0.39 is 11.2 Å². The topological polar surface area (TPSA) is 57.5 Å². The summed E-state index contributed by atoms with van der Waals surface area (Å²) in [6, 6.07) is 0. The molecule has 0 radical (unpaired) electrons. The molecule has 2 aliphatic carbocycles. The van der Waals surface area contributed by atoms with Crippen molar-refractivity contribution in [2.45, 2.75) is 64.1 Å². The van der Waals surface area contributed by atoms with Crippen LogP contribution in [0.3, 0.4) is 0 Å². The van der Waals surface area contributed by atoms with Gasteiger partial charge in [0.15, 0.2) is 0 Å². The largest absolute Gasteiger partial charge is 0.390 e. The lowest BCUT2D eigenvalue weighted by atomic mass is 9.76. The van der Waals surface area contributed by atoms with Crippen molar-refractivity contribution >= 4 is 5.78 Å². The second kappa shape index (κ2) is 4.06.